The van der Waals surface area contributed by atoms with E-state index in [-0.39, 0.29) is 5.97 Å². The van der Waals surface area contributed by atoms with Crippen molar-refractivity contribution in [1.29, 1.82) is 0 Å². The molecule has 0 amide bonds. The van der Waals surface area contributed by atoms with E-state index in [0.29, 0.717) is 6.42 Å². The maximum absolute atomic E-state index is 12.0. The Labute approximate surface area is 136 Å². The molecule has 23 heavy (non-hydrogen) atoms. The average molecular weight is 308 g/mol. The zero-order valence-corrected chi connectivity index (χ0v) is 13.6. The number of methoxy groups -OCH3 is 1. The lowest BCUT2D eigenvalue weighted by Crippen LogP contribution is -2.32. The number of carbonyl (C=O) groups excluding carboxylic acids is 1. The molecule has 0 spiro atoms. The Kier molecular flexibility index (Phi) is 4.15. The second-order valence-electron chi connectivity index (χ2n) is 5.77. The third-order valence-corrected chi connectivity index (χ3v) is 4.17. The predicted octanol–water partition coefficient (Wildman–Crippen LogP) is 3.26. The number of aryl methyl sites for hydroxylation is 2. The zero-order valence-electron chi connectivity index (χ0n) is 13.6. The molecule has 4 heteroatoms. The highest BCUT2D eigenvalue weighted by Gasteiger charge is 2.27. The van der Waals surface area contributed by atoms with Crippen LogP contribution in [-0.4, -0.2) is 25.0 Å². The highest BCUT2D eigenvalue weighted by atomic mass is 16.5. The van der Waals surface area contributed by atoms with Gasteiger partial charge in [-0.3, -0.25) is 4.99 Å². The molecule has 1 atom stereocenters. The molecule has 0 aliphatic carbocycles. The topological polar surface area (TPSA) is 50.7 Å². The van der Waals surface area contributed by atoms with Crippen LogP contribution in [0.2, 0.25) is 0 Å². The van der Waals surface area contributed by atoms with E-state index < -0.39 is 6.04 Å². The van der Waals surface area contributed by atoms with Gasteiger partial charge in [0.1, 0.15) is 5.84 Å². The molecule has 0 saturated carbocycles. The van der Waals surface area contributed by atoms with Crippen molar-refractivity contribution in [2.45, 2.75) is 26.3 Å². The number of nitrogens with one attached hydrogen (secondary N) is 1. The number of para-hydroxylation sites is 1. The summed E-state index contributed by atoms with van der Waals surface area (Å²) in [6, 6.07) is 13.7. The molecule has 0 unspecified atom stereocenters. The van der Waals surface area contributed by atoms with E-state index in [2.05, 4.69) is 36.3 Å². The lowest BCUT2D eigenvalue weighted by molar-refractivity contribution is -0.142. The number of anilines is 1. The summed E-state index contributed by atoms with van der Waals surface area (Å²) in [5.41, 5.74) is 5.46. The lowest BCUT2D eigenvalue weighted by atomic mass is 9.96. The van der Waals surface area contributed by atoms with E-state index in [0.717, 1.165) is 33.8 Å². The van der Waals surface area contributed by atoms with Crippen molar-refractivity contribution in [3.8, 4) is 0 Å². The normalized spacial score (nSPS) is 16.3. The molecule has 0 bridgehead atoms. The molecule has 0 aromatic heterocycles. The van der Waals surface area contributed by atoms with Gasteiger partial charge in [0.25, 0.3) is 0 Å². The first-order chi connectivity index (χ1) is 11.1. The van der Waals surface area contributed by atoms with Crippen molar-refractivity contribution < 1.29 is 9.53 Å². The van der Waals surface area contributed by atoms with E-state index in [1.165, 1.54) is 7.11 Å². The van der Waals surface area contributed by atoms with Crippen LogP contribution in [0.25, 0.3) is 0 Å². The molecular weight excluding hydrogens is 288 g/mol. The summed E-state index contributed by atoms with van der Waals surface area (Å²) < 4.78 is 4.88. The van der Waals surface area contributed by atoms with Gasteiger partial charge in [-0.05, 0) is 30.5 Å². The SMILES string of the molecule is COC(=O)[C@@H]1Cc2ccccc2C(Nc2c(C)cccc2C)=N1. The summed E-state index contributed by atoms with van der Waals surface area (Å²) in [5, 5.41) is 3.42. The van der Waals surface area contributed by atoms with Gasteiger partial charge < -0.3 is 10.1 Å². The van der Waals surface area contributed by atoms with Gasteiger partial charge in [-0.1, -0.05) is 42.5 Å². The number of esters is 1. The number of amidine groups is 1. The third kappa shape index (κ3) is 2.97. The molecule has 1 N–H and O–H groups in total. The van der Waals surface area contributed by atoms with Crippen molar-refractivity contribution in [2.24, 2.45) is 4.99 Å². The molecule has 2 aromatic carbocycles. The van der Waals surface area contributed by atoms with E-state index in [4.69, 9.17) is 4.74 Å². The molecule has 1 aliphatic heterocycles. The van der Waals surface area contributed by atoms with Crippen LogP contribution in [0.1, 0.15) is 22.3 Å². The minimum Gasteiger partial charge on any atom is -0.467 e. The fraction of sp³-hybridized carbons (Fsp3) is 0.263. The van der Waals surface area contributed by atoms with Crippen LogP contribution >= 0.6 is 0 Å². The molecule has 0 saturated heterocycles. The Morgan fingerprint density at radius 3 is 2.52 bits per heavy atom. The maximum atomic E-state index is 12.0. The van der Waals surface area contributed by atoms with Crippen LogP contribution in [0.15, 0.2) is 47.5 Å². The zero-order chi connectivity index (χ0) is 16.4. The Morgan fingerprint density at radius 2 is 1.83 bits per heavy atom. The van der Waals surface area contributed by atoms with E-state index >= 15 is 0 Å². The van der Waals surface area contributed by atoms with E-state index in [1.54, 1.807) is 0 Å². The molecule has 1 heterocycles. The minimum absolute atomic E-state index is 0.305. The number of fused-ring (bicyclic) bond motifs is 1. The third-order valence-electron chi connectivity index (χ3n) is 4.17. The van der Waals surface area contributed by atoms with Crippen molar-refractivity contribution in [3.63, 3.8) is 0 Å². The fourth-order valence-corrected chi connectivity index (χ4v) is 2.91. The van der Waals surface area contributed by atoms with Gasteiger partial charge in [-0.25, -0.2) is 4.79 Å². The van der Waals surface area contributed by atoms with Gasteiger partial charge in [-0.15, -0.1) is 0 Å². The first kappa shape index (κ1) is 15.3. The molecule has 0 radical (unpaired) electrons. The number of nitrogens with zero attached hydrogens (tertiary/aromatic N) is 1. The minimum atomic E-state index is -0.498. The lowest BCUT2D eigenvalue weighted by Gasteiger charge is -2.24. The standard InChI is InChI=1S/C19H20N2O2/c1-12-7-6-8-13(2)17(12)21-18-15-10-5-4-9-14(15)11-16(20-18)19(22)23-3/h4-10,16H,11H2,1-3H3,(H,20,21)/t16-/m0/s1. The summed E-state index contributed by atoms with van der Waals surface area (Å²) in [6.45, 7) is 4.12. The van der Waals surface area contributed by atoms with Gasteiger partial charge >= 0.3 is 5.97 Å². The number of aliphatic imine (C=N–C) groups is 1. The van der Waals surface area contributed by atoms with Crippen molar-refractivity contribution in [2.75, 3.05) is 12.4 Å². The summed E-state index contributed by atoms with van der Waals surface area (Å²) in [5.74, 6) is 0.417. The van der Waals surface area contributed by atoms with Crippen molar-refractivity contribution in [1.82, 2.24) is 0 Å². The maximum Gasteiger partial charge on any atom is 0.331 e. The molecule has 1 aliphatic rings. The van der Waals surface area contributed by atoms with E-state index in [1.807, 2.05) is 30.3 Å². The van der Waals surface area contributed by atoms with Crippen LogP contribution in [0.4, 0.5) is 5.69 Å². The fourth-order valence-electron chi connectivity index (χ4n) is 2.91. The molecule has 2 aromatic rings. The van der Waals surface area contributed by atoms with Crippen LogP contribution in [0, 0.1) is 13.8 Å². The highest BCUT2D eigenvalue weighted by Crippen LogP contribution is 2.25. The summed E-state index contributed by atoms with van der Waals surface area (Å²) in [4.78, 5) is 16.6. The van der Waals surface area contributed by atoms with Gasteiger partial charge in [0, 0.05) is 17.7 Å². The molecule has 3 rings (SSSR count). The van der Waals surface area contributed by atoms with Crippen LogP contribution in [0.3, 0.4) is 0 Å². The number of hydrogen-bond donors (Lipinski definition) is 1. The van der Waals surface area contributed by atoms with E-state index in [9.17, 15) is 4.79 Å². The second-order valence-corrected chi connectivity index (χ2v) is 5.77. The summed E-state index contributed by atoms with van der Waals surface area (Å²) in [6.07, 6.45) is 0.570. The molecule has 118 valence electrons. The van der Waals surface area contributed by atoms with Crippen molar-refractivity contribution in [3.05, 3.63) is 64.7 Å². The summed E-state index contributed by atoms with van der Waals surface area (Å²) in [7, 11) is 1.40. The van der Waals surface area contributed by atoms with Crippen molar-refractivity contribution >= 4 is 17.5 Å². The Bertz CT molecular complexity index is 760. The summed E-state index contributed by atoms with van der Waals surface area (Å²) >= 11 is 0. The first-order valence-electron chi connectivity index (χ1n) is 7.67. The van der Waals surface area contributed by atoms with Crippen LogP contribution in [-0.2, 0) is 16.0 Å². The Morgan fingerprint density at radius 1 is 1.13 bits per heavy atom. The Hall–Kier alpha value is -2.62. The van der Waals surface area contributed by atoms with Gasteiger partial charge in [-0.2, -0.15) is 0 Å². The number of benzene rings is 2. The molecule has 0 fully saturated rings. The predicted molar refractivity (Wildman–Crippen MR) is 92.0 cm³/mol. The highest BCUT2D eigenvalue weighted by molar-refractivity contribution is 6.11. The average Bonchev–Trinajstić information content (AvgIpc) is 2.57. The second kappa shape index (κ2) is 6.24. The molecular formula is C19H20N2O2. The molecule has 4 nitrogen and oxygen atoms in total. The smallest absolute Gasteiger partial charge is 0.331 e. The monoisotopic (exact) mass is 308 g/mol. The van der Waals surface area contributed by atoms with Crippen LogP contribution in [0.5, 0.6) is 0 Å². The quantitative estimate of drug-likeness (QED) is 0.866. The van der Waals surface area contributed by atoms with Gasteiger partial charge in [0.15, 0.2) is 6.04 Å². The first-order valence-corrected chi connectivity index (χ1v) is 7.67. The Balaban J connectivity index is 2.03. The number of ether oxygens (including phenoxy) is 1. The largest absolute Gasteiger partial charge is 0.467 e. The van der Waals surface area contributed by atoms with Crippen LogP contribution < -0.4 is 5.32 Å². The number of hydrogen-bond acceptors (Lipinski definition) is 4. The van der Waals surface area contributed by atoms with Gasteiger partial charge in [0.2, 0.25) is 0 Å². The number of carbonyl (C=O) groups is 1. The van der Waals surface area contributed by atoms with Gasteiger partial charge in [0.05, 0.1) is 7.11 Å². The number of rotatable bonds is 2.